The Morgan fingerprint density at radius 3 is 2.17 bits per heavy atom. The monoisotopic (exact) mass is 386 g/mol. The van der Waals surface area contributed by atoms with Crippen molar-refractivity contribution in [2.75, 3.05) is 0 Å². The zero-order chi connectivity index (χ0) is 20.7. The number of pyridine rings is 1. The Bertz CT molecular complexity index is 1120. The predicted molar refractivity (Wildman–Crippen MR) is 103 cm³/mol. The molecule has 8 heteroatoms. The highest BCUT2D eigenvalue weighted by Crippen LogP contribution is 2.31. The van der Waals surface area contributed by atoms with Gasteiger partial charge in [-0.3, -0.25) is 14.5 Å². The fourth-order valence-corrected chi connectivity index (χ4v) is 3.28. The maximum Gasteiger partial charge on any atom is 0.262 e. The average Bonchev–Trinajstić information content (AvgIpc) is 3.29. The van der Waals surface area contributed by atoms with Crippen LogP contribution in [0.3, 0.4) is 0 Å². The lowest BCUT2D eigenvalue weighted by Crippen LogP contribution is -2.34. The molecule has 0 unspecified atom stereocenters. The second-order valence-corrected chi connectivity index (χ2v) is 7.11. The second kappa shape index (κ2) is 6.95. The van der Waals surface area contributed by atoms with Gasteiger partial charge in [-0.05, 0) is 31.2 Å². The van der Waals surface area contributed by atoms with Gasteiger partial charge in [0, 0.05) is 12.1 Å². The number of nitriles is 1. The first-order valence-corrected chi connectivity index (χ1v) is 9.22. The summed E-state index contributed by atoms with van der Waals surface area (Å²) in [5, 5.41) is 13.5. The molecule has 4 rings (SSSR count). The van der Waals surface area contributed by atoms with Crippen LogP contribution < -0.4 is 0 Å². The van der Waals surface area contributed by atoms with Crippen molar-refractivity contribution in [3.63, 3.8) is 0 Å². The van der Waals surface area contributed by atoms with Crippen molar-refractivity contribution in [1.82, 2.24) is 24.6 Å². The Labute approximate surface area is 167 Å². The van der Waals surface area contributed by atoms with Crippen LogP contribution >= 0.6 is 0 Å². The molecule has 0 saturated heterocycles. The zero-order valence-electron chi connectivity index (χ0n) is 16.2. The molecule has 0 saturated carbocycles. The molecular formula is C21H18N6O2. The highest BCUT2D eigenvalue weighted by molar-refractivity contribution is 6.21. The SMILES string of the molecule is CC(C)c1nc([C@H](C)N2C(=O)c3ccccc3C2=O)n(-c2ccc(C#N)cn2)n1. The minimum atomic E-state index is -0.653. The molecule has 1 aromatic carbocycles. The van der Waals surface area contributed by atoms with E-state index in [0.29, 0.717) is 34.2 Å². The largest absolute Gasteiger partial charge is 0.269 e. The molecule has 2 aromatic heterocycles. The van der Waals surface area contributed by atoms with E-state index in [2.05, 4.69) is 15.1 Å². The summed E-state index contributed by atoms with van der Waals surface area (Å²) in [6, 6.07) is 11.4. The molecule has 2 amide bonds. The van der Waals surface area contributed by atoms with Gasteiger partial charge in [0.2, 0.25) is 0 Å². The van der Waals surface area contributed by atoms with Crippen LogP contribution in [0.15, 0.2) is 42.6 Å². The number of imide groups is 1. The van der Waals surface area contributed by atoms with Crippen molar-refractivity contribution in [1.29, 1.82) is 5.26 Å². The van der Waals surface area contributed by atoms with Crippen molar-refractivity contribution in [3.05, 3.63) is 70.9 Å². The summed E-state index contributed by atoms with van der Waals surface area (Å²) in [5.74, 6) is 0.803. The van der Waals surface area contributed by atoms with Crippen LogP contribution in [0.5, 0.6) is 0 Å². The fraction of sp³-hybridized carbons (Fsp3) is 0.238. The summed E-state index contributed by atoms with van der Waals surface area (Å²) in [5.41, 5.74) is 1.19. The number of fused-ring (bicyclic) bond motifs is 1. The highest BCUT2D eigenvalue weighted by atomic mass is 16.2. The summed E-state index contributed by atoms with van der Waals surface area (Å²) < 4.78 is 1.53. The van der Waals surface area contributed by atoms with Crippen LogP contribution in [-0.4, -0.2) is 36.5 Å². The second-order valence-electron chi connectivity index (χ2n) is 7.11. The Hall–Kier alpha value is -3.86. The van der Waals surface area contributed by atoms with E-state index in [9.17, 15) is 9.59 Å². The number of rotatable bonds is 4. The zero-order valence-corrected chi connectivity index (χ0v) is 16.2. The molecule has 0 spiro atoms. The van der Waals surface area contributed by atoms with E-state index in [1.54, 1.807) is 43.3 Å². The minimum Gasteiger partial charge on any atom is -0.269 e. The molecular weight excluding hydrogens is 368 g/mol. The third-order valence-electron chi connectivity index (χ3n) is 4.85. The van der Waals surface area contributed by atoms with E-state index < -0.39 is 6.04 Å². The summed E-state index contributed by atoms with van der Waals surface area (Å²) in [6.07, 6.45) is 1.45. The van der Waals surface area contributed by atoms with Crippen molar-refractivity contribution in [2.45, 2.75) is 32.7 Å². The van der Waals surface area contributed by atoms with Crippen LogP contribution in [0.4, 0.5) is 0 Å². The van der Waals surface area contributed by atoms with Crippen LogP contribution in [0.25, 0.3) is 5.82 Å². The van der Waals surface area contributed by atoms with Gasteiger partial charge in [0.1, 0.15) is 6.07 Å². The minimum absolute atomic E-state index is 0.0442. The molecule has 144 valence electrons. The average molecular weight is 386 g/mol. The molecule has 0 radical (unpaired) electrons. The maximum absolute atomic E-state index is 12.9. The van der Waals surface area contributed by atoms with Gasteiger partial charge in [0.15, 0.2) is 17.5 Å². The first-order valence-electron chi connectivity index (χ1n) is 9.22. The predicted octanol–water partition coefficient (Wildman–Crippen LogP) is 3.01. The topological polar surface area (TPSA) is 105 Å². The molecule has 3 heterocycles. The van der Waals surface area contributed by atoms with E-state index >= 15 is 0 Å². The van der Waals surface area contributed by atoms with E-state index in [0.717, 1.165) is 0 Å². The van der Waals surface area contributed by atoms with Crippen molar-refractivity contribution < 1.29 is 9.59 Å². The number of carbonyl (C=O) groups excluding carboxylic acids is 2. The van der Waals surface area contributed by atoms with Crippen LogP contribution in [0.2, 0.25) is 0 Å². The summed E-state index contributed by atoms with van der Waals surface area (Å²) in [6.45, 7) is 5.67. The maximum atomic E-state index is 12.9. The van der Waals surface area contributed by atoms with Gasteiger partial charge in [0.05, 0.1) is 22.7 Å². The Morgan fingerprint density at radius 2 is 1.66 bits per heavy atom. The summed E-state index contributed by atoms with van der Waals surface area (Å²) in [4.78, 5) is 35.9. The Morgan fingerprint density at radius 1 is 1.00 bits per heavy atom. The fourth-order valence-electron chi connectivity index (χ4n) is 3.28. The third-order valence-corrected chi connectivity index (χ3v) is 4.85. The van der Waals surface area contributed by atoms with Crippen LogP contribution in [0, 0.1) is 11.3 Å². The molecule has 1 aliphatic rings. The van der Waals surface area contributed by atoms with Gasteiger partial charge in [-0.2, -0.15) is 9.94 Å². The molecule has 1 aliphatic heterocycles. The van der Waals surface area contributed by atoms with Crippen LogP contribution in [-0.2, 0) is 0 Å². The number of carbonyl (C=O) groups is 2. The molecule has 0 bridgehead atoms. The molecule has 0 N–H and O–H groups in total. The van der Waals surface area contributed by atoms with Gasteiger partial charge in [0.25, 0.3) is 11.8 Å². The van der Waals surface area contributed by atoms with Gasteiger partial charge >= 0.3 is 0 Å². The van der Waals surface area contributed by atoms with Gasteiger partial charge in [-0.15, -0.1) is 5.10 Å². The summed E-state index contributed by atoms with van der Waals surface area (Å²) >= 11 is 0. The quantitative estimate of drug-likeness (QED) is 0.638. The van der Waals surface area contributed by atoms with E-state index in [1.807, 2.05) is 19.9 Å². The number of amides is 2. The number of aromatic nitrogens is 4. The van der Waals surface area contributed by atoms with Crippen molar-refractivity contribution >= 4 is 11.8 Å². The van der Waals surface area contributed by atoms with E-state index in [-0.39, 0.29) is 17.7 Å². The number of hydrogen-bond donors (Lipinski definition) is 0. The standard InChI is InChI=1S/C21H18N6O2/c1-12(2)18-24-19(27(25-18)17-9-8-14(10-22)11-23-17)13(3)26-20(28)15-6-4-5-7-16(15)21(26)29/h4-9,11-13H,1-3H3/t13-/m0/s1. The van der Waals surface area contributed by atoms with Gasteiger partial charge in [-0.1, -0.05) is 26.0 Å². The number of hydrogen-bond acceptors (Lipinski definition) is 6. The summed E-state index contributed by atoms with van der Waals surface area (Å²) in [7, 11) is 0. The Kier molecular flexibility index (Phi) is 4.43. The highest BCUT2D eigenvalue weighted by Gasteiger charge is 2.40. The smallest absolute Gasteiger partial charge is 0.262 e. The Balaban J connectivity index is 1.79. The number of nitrogens with zero attached hydrogens (tertiary/aromatic N) is 6. The van der Waals surface area contributed by atoms with Crippen molar-refractivity contribution in [3.8, 4) is 11.9 Å². The molecule has 0 aliphatic carbocycles. The normalized spacial score (nSPS) is 14.2. The molecule has 3 aromatic rings. The number of benzene rings is 1. The lowest BCUT2D eigenvalue weighted by molar-refractivity contribution is 0.0587. The first kappa shape index (κ1) is 18.5. The van der Waals surface area contributed by atoms with Gasteiger partial charge in [-0.25, -0.2) is 9.97 Å². The third kappa shape index (κ3) is 2.97. The van der Waals surface area contributed by atoms with E-state index in [1.165, 1.54) is 15.8 Å². The van der Waals surface area contributed by atoms with Crippen LogP contribution in [0.1, 0.15) is 70.7 Å². The first-order chi connectivity index (χ1) is 13.9. The molecule has 1 atom stereocenters. The lowest BCUT2D eigenvalue weighted by Gasteiger charge is -2.22. The molecule has 8 nitrogen and oxygen atoms in total. The van der Waals surface area contributed by atoms with E-state index in [4.69, 9.17) is 5.26 Å². The molecule has 29 heavy (non-hydrogen) atoms. The lowest BCUT2D eigenvalue weighted by atomic mass is 10.1. The van der Waals surface area contributed by atoms with Crippen molar-refractivity contribution in [2.24, 2.45) is 0 Å². The molecule has 0 fully saturated rings. The van der Waals surface area contributed by atoms with Gasteiger partial charge < -0.3 is 0 Å².